The molecule has 57 heavy (non-hydrogen) atoms. The highest BCUT2D eigenvalue weighted by molar-refractivity contribution is 6.09. The third kappa shape index (κ3) is 9.68. The van der Waals surface area contributed by atoms with E-state index in [4.69, 9.17) is 19.7 Å². The van der Waals surface area contributed by atoms with E-state index in [1.54, 1.807) is 48.5 Å². The minimum absolute atomic E-state index is 0.234. The third-order valence-electron chi connectivity index (χ3n) is 7.67. The Balaban J connectivity index is 0.000000218. The van der Waals surface area contributed by atoms with Crippen LogP contribution in [0.25, 0.3) is 22.3 Å². The Labute approximate surface area is 319 Å². The molecule has 2 amide bonds. The number of anilines is 2. The number of carbonyl (C=O) groups is 4. The summed E-state index contributed by atoms with van der Waals surface area (Å²) >= 11 is 0. The maximum atomic E-state index is 14.5. The second-order valence-electron chi connectivity index (χ2n) is 11.3. The topological polar surface area (TPSA) is 203 Å². The van der Waals surface area contributed by atoms with Crippen molar-refractivity contribution >= 4 is 35.1 Å². The quantitative estimate of drug-likeness (QED) is 0.0968. The van der Waals surface area contributed by atoms with E-state index in [0.717, 1.165) is 49.1 Å². The molecule has 0 saturated carbocycles. The Morgan fingerprint density at radius 3 is 1.30 bits per heavy atom. The zero-order valence-corrected chi connectivity index (χ0v) is 29.6. The summed E-state index contributed by atoms with van der Waals surface area (Å²) in [5, 5.41) is 22.2. The highest BCUT2D eigenvalue weighted by Gasteiger charge is 2.24. The number of carboxylic acid groups (broad SMARTS) is 2. The van der Waals surface area contributed by atoms with E-state index in [2.05, 4.69) is 19.9 Å². The monoisotopic (exact) mass is 784 g/mol. The van der Waals surface area contributed by atoms with E-state index in [-0.39, 0.29) is 11.1 Å². The summed E-state index contributed by atoms with van der Waals surface area (Å²) in [6, 6.07) is 17.5. The van der Waals surface area contributed by atoms with Gasteiger partial charge in [0.15, 0.2) is 22.8 Å². The molecule has 6 rings (SSSR count). The molecule has 4 aromatic carbocycles. The molecule has 0 aliphatic heterocycles. The van der Waals surface area contributed by atoms with Crippen LogP contribution in [0.2, 0.25) is 0 Å². The van der Waals surface area contributed by atoms with Crippen molar-refractivity contribution in [2.75, 3.05) is 24.4 Å². The van der Waals surface area contributed by atoms with Crippen LogP contribution in [0.1, 0.15) is 48.9 Å². The van der Waals surface area contributed by atoms with Gasteiger partial charge in [0.25, 0.3) is 11.8 Å². The van der Waals surface area contributed by atoms with Crippen molar-refractivity contribution in [1.82, 2.24) is 19.9 Å². The van der Waals surface area contributed by atoms with Gasteiger partial charge in [-0.15, -0.1) is 0 Å². The van der Waals surface area contributed by atoms with Crippen LogP contribution in [0, 0.1) is 23.3 Å². The molecule has 0 saturated heterocycles. The van der Waals surface area contributed by atoms with Gasteiger partial charge in [-0.05, 0) is 77.7 Å². The van der Waals surface area contributed by atoms with Crippen molar-refractivity contribution in [3.05, 3.63) is 144 Å². The Morgan fingerprint density at radius 1 is 0.561 bits per heavy atom. The number of hydrogen-bond acceptors (Lipinski definition) is 10. The second-order valence-corrected chi connectivity index (χ2v) is 11.3. The van der Waals surface area contributed by atoms with Gasteiger partial charge in [-0.1, -0.05) is 24.3 Å². The average Bonchev–Trinajstić information content (AvgIpc) is 3.20. The van der Waals surface area contributed by atoms with Gasteiger partial charge in [-0.3, -0.25) is 9.59 Å². The Bertz CT molecular complexity index is 2460. The van der Waals surface area contributed by atoms with Crippen molar-refractivity contribution in [2.24, 2.45) is 0 Å². The summed E-state index contributed by atoms with van der Waals surface area (Å²) in [6.45, 7) is 2.26. The number of ether oxygens (including phenoxy) is 2. The van der Waals surface area contributed by atoms with Gasteiger partial charge < -0.3 is 30.3 Å². The first kappa shape index (κ1) is 40.4. The number of benzene rings is 4. The third-order valence-corrected chi connectivity index (χ3v) is 7.67. The van der Waals surface area contributed by atoms with Crippen LogP contribution in [-0.4, -0.2) is 67.6 Å². The fraction of sp³-hybridized carbons (Fsp3) is 0.0769. The van der Waals surface area contributed by atoms with Crippen molar-refractivity contribution in [3.8, 4) is 33.8 Å². The van der Waals surface area contributed by atoms with Gasteiger partial charge in [0.05, 0.1) is 13.7 Å². The minimum Gasteiger partial charge on any atom is -0.497 e. The van der Waals surface area contributed by atoms with Gasteiger partial charge >= 0.3 is 11.9 Å². The number of carbonyl (C=O) groups excluding carboxylic acids is 2. The number of hydrogen-bond donors (Lipinski definition) is 4. The molecule has 290 valence electrons. The zero-order valence-electron chi connectivity index (χ0n) is 29.6. The normalized spacial score (nSPS) is 10.4. The summed E-state index contributed by atoms with van der Waals surface area (Å²) in [5.74, 6) is -8.25. The highest BCUT2D eigenvalue weighted by Crippen LogP contribution is 2.31. The van der Waals surface area contributed by atoms with Crippen LogP contribution < -0.4 is 20.1 Å². The van der Waals surface area contributed by atoms with Crippen molar-refractivity contribution in [1.29, 1.82) is 0 Å². The first-order valence-corrected chi connectivity index (χ1v) is 16.4. The molecule has 0 spiro atoms. The van der Waals surface area contributed by atoms with Crippen LogP contribution in [0.5, 0.6) is 11.5 Å². The van der Waals surface area contributed by atoms with E-state index in [1.807, 2.05) is 17.6 Å². The lowest BCUT2D eigenvalue weighted by molar-refractivity contribution is 0.0676. The number of amides is 2. The summed E-state index contributed by atoms with van der Waals surface area (Å²) in [7, 11) is 1.47. The van der Waals surface area contributed by atoms with Gasteiger partial charge in [-0.25, -0.2) is 47.1 Å². The number of nitrogens with zero attached hydrogens (tertiary/aromatic N) is 4. The Hall–Kier alpha value is -7.76. The number of carboxylic acids is 2. The van der Waals surface area contributed by atoms with E-state index in [1.165, 1.54) is 7.11 Å². The fourth-order valence-electron chi connectivity index (χ4n) is 5.12. The Morgan fingerprint density at radius 2 is 0.930 bits per heavy atom. The molecule has 2 aromatic heterocycles. The SMILES string of the molecule is CCOc1cccc(-c2cc(F)c(NC(=O)c3nccnc3C(=O)O)c(F)c2)c1.COc1cccc(-c2cc(F)c(NC(=O)c3nccnc3C(=O)O)c(F)c2)c1. The van der Waals surface area contributed by atoms with Gasteiger partial charge in [0, 0.05) is 24.8 Å². The van der Waals surface area contributed by atoms with Crippen LogP contribution >= 0.6 is 0 Å². The van der Waals surface area contributed by atoms with Gasteiger partial charge in [0.2, 0.25) is 0 Å². The number of rotatable bonds is 11. The zero-order chi connectivity index (χ0) is 41.2. The average molecular weight is 785 g/mol. The van der Waals surface area contributed by atoms with Crippen LogP contribution in [0.4, 0.5) is 28.9 Å². The molecular formula is C39H28F4N6O8. The van der Waals surface area contributed by atoms with Crippen molar-refractivity contribution in [2.45, 2.75) is 6.92 Å². The molecular weight excluding hydrogens is 756 g/mol. The first-order chi connectivity index (χ1) is 27.3. The highest BCUT2D eigenvalue weighted by atomic mass is 19.1. The molecule has 0 aliphatic carbocycles. The maximum absolute atomic E-state index is 14.5. The molecule has 14 nitrogen and oxygen atoms in total. The molecule has 0 fully saturated rings. The lowest BCUT2D eigenvalue weighted by atomic mass is 10.0. The summed E-state index contributed by atoms with van der Waals surface area (Å²) in [4.78, 5) is 61.1. The molecule has 0 aliphatic rings. The predicted molar refractivity (Wildman–Crippen MR) is 195 cm³/mol. The molecule has 4 N–H and O–H groups in total. The summed E-state index contributed by atoms with van der Waals surface area (Å²) in [6.07, 6.45) is 4.37. The number of nitrogens with one attached hydrogen (secondary N) is 2. The number of halogens is 4. The van der Waals surface area contributed by atoms with Crippen LogP contribution in [0.15, 0.2) is 97.6 Å². The van der Waals surface area contributed by atoms with Gasteiger partial charge in [0.1, 0.15) is 46.1 Å². The standard InChI is InChI=1S/C20H15F2N3O4.C19H13F2N3O4/c1-2-29-13-5-3-4-11(8-13)12-9-14(21)16(15(22)10-12)25-19(26)17-18(20(27)28)24-7-6-23-17;1-28-12-4-2-3-10(7-12)11-8-13(20)15(14(21)9-11)24-18(25)16-17(19(26)27)23-6-5-22-16/h3-10H,2H2,1H3,(H,25,26)(H,27,28);2-9H,1H3,(H,24,25)(H,26,27). The number of aromatic nitrogens is 4. The van der Waals surface area contributed by atoms with E-state index in [0.29, 0.717) is 29.2 Å². The van der Waals surface area contributed by atoms with Crippen molar-refractivity contribution < 1.29 is 56.4 Å². The molecule has 0 atom stereocenters. The van der Waals surface area contributed by atoms with Gasteiger partial charge in [-0.2, -0.15) is 0 Å². The first-order valence-electron chi connectivity index (χ1n) is 16.4. The van der Waals surface area contributed by atoms with Crippen LogP contribution in [0.3, 0.4) is 0 Å². The van der Waals surface area contributed by atoms with E-state index >= 15 is 0 Å². The minimum atomic E-state index is -1.49. The molecule has 0 unspecified atom stereocenters. The van der Waals surface area contributed by atoms with Crippen LogP contribution in [-0.2, 0) is 0 Å². The molecule has 18 heteroatoms. The Kier molecular flexibility index (Phi) is 12.8. The fourth-order valence-corrected chi connectivity index (χ4v) is 5.12. The molecule has 6 aromatic rings. The van der Waals surface area contributed by atoms with Crippen molar-refractivity contribution in [3.63, 3.8) is 0 Å². The molecule has 2 heterocycles. The van der Waals surface area contributed by atoms with E-state index in [9.17, 15) is 36.7 Å². The summed E-state index contributed by atoms with van der Waals surface area (Å²) in [5.41, 5.74) is -2.32. The lowest BCUT2D eigenvalue weighted by Gasteiger charge is -2.11. The number of aromatic carboxylic acids is 2. The second kappa shape index (κ2) is 18.0. The molecule has 0 bridgehead atoms. The smallest absolute Gasteiger partial charge is 0.356 e. The summed E-state index contributed by atoms with van der Waals surface area (Å²) < 4.78 is 68.5. The maximum Gasteiger partial charge on any atom is 0.356 e. The number of methoxy groups -OCH3 is 1. The largest absolute Gasteiger partial charge is 0.497 e. The van der Waals surface area contributed by atoms with E-state index < -0.39 is 81.2 Å². The lowest BCUT2D eigenvalue weighted by Crippen LogP contribution is -2.20. The molecule has 0 radical (unpaired) electrons. The predicted octanol–water partition coefficient (Wildman–Crippen LogP) is 7.15.